The summed E-state index contributed by atoms with van der Waals surface area (Å²) in [5.41, 5.74) is -0.214. The number of benzene rings is 1. The van der Waals surface area contributed by atoms with E-state index < -0.39 is 16.0 Å². The molecule has 0 saturated heterocycles. The number of carbonyl (C=O) groups is 1. The zero-order chi connectivity index (χ0) is 15.5. The molecule has 1 N–H and O–H groups in total. The van der Waals surface area contributed by atoms with Gasteiger partial charge in [-0.25, -0.2) is 13.2 Å². The largest absolute Gasteiger partial charge is 0.478 e. The van der Waals surface area contributed by atoms with Crippen LogP contribution in [0, 0.1) is 5.92 Å². The fourth-order valence-electron chi connectivity index (χ4n) is 1.78. The van der Waals surface area contributed by atoms with Gasteiger partial charge in [0, 0.05) is 13.1 Å². The minimum absolute atomic E-state index is 0.0170. The van der Waals surface area contributed by atoms with Gasteiger partial charge in [0.2, 0.25) is 10.0 Å². The van der Waals surface area contributed by atoms with E-state index in [9.17, 15) is 13.2 Å². The van der Waals surface area contributed by atoms with Gasteiger partial charge in [-0.1, -0.05) is 32.4 Å². The van der Waals surface area contributed by atoms with Gasteiger partial charge in [-0.05, 0) is 24.1 Å². The van der Waals surface area contributed by atoms with Crippen LogP contribution in [0.15, 0.2) is 23.1 Å². The van der Waals surface area contributed by atoms with Crippen LogP contribution in [-0.2, 0) is 10.0 Å². The summed E-state index contributed by atoms with van der Waals surface area (Å²) in [7, 11) is -3.71. The first-order valence-electron chi connectivity index (χ1n) is 6.23. The molecule has 1 aromatic rings. The number of hydrogen-bond acceptors (Lipinski definition) is 3. The number of carboxylic acids is 1. The van der Waals surface area contributed by atoms with Crippen LogP contribution in [0.25, 0.3) is 0 Å². The minimum atomic E-state index is -3.71. The molecule has 0 radical (unpaired) electrons. The van der Waals surface area contributed by atoms with E-state index in [1.54, 1.807) is 6.92 Å². The molecule has 0 atom stereocenters. The fourth-order valence-corrected chi connectivity index (χ4v) is 3.62. The van der Waals surface area contributed by atoms with Gasteiger partial charge in [-0.3, -0.25) is 0 Å². The lowest BCUT2D eigenvalue weighted by atomic mass is 10.2. The van der Waals surface area contributed by atoms with Gasteiger partial charge in [0.25, 0.3) is 0 Å². The first-order chi connectivity index (χ1) is 9.20. The molecular formula is C13H18ClNO4S. The topological polar surface area (TPSA) is 74.7 Å². The van der Waals surface area contributed by atoms with Crippen molar-refractivity contribution in [3.8, 4) is 0 Å². The molecule has 5 nitrogen and oxygen atoms in total. The highest BCUT2D eigenvalue weighted by Gasteiger charge is 2.25. The Morgan fingerprint density at radius 3 is 2.45 bits per heavy atom. The van der Waals surface area contributed by atoms with E-state index in [2.05, 4.69) is 0 Å². The third-order valence-electron chi connectivity index (χ3n) is 2.73. The van der Waals surface area contributed by atoms with Crippen molar-refractivity contribution in [1.82, 2.24) is 4.31 Å². The van der Waals surface area contributed by atoms with Crippen LogP contribution < -0.4 is 0 Å². The van der Waals surface area contributed by atoms with Crippen LogP contribution in [0.2, 0.25) is 5.02 Å². The SMILES string of the molecule is CCN(CC(C)C)S(=O)(=O)c1ccc(Cl)c(C(=O)O)c1. The number of hydrogen-bond donors (Lipinski definition) is 1. The highest BCUT2D eigenvalue weighted by Crippen LogP contribution is 2.23. The average molecular weight is 320 g/mol. The number of aromatic carboxylic acids is 1. The van der Waals surface area contributed by atoms with E-state index >= 15 is 0 Å². The number of halogens is 1. The molecule has 0 aliphatic carbocycles. The Kier molecular flexibility index (Phi) is 5.56. The molecule has 0 aliphatic rings. The maximum absolute atomic E-state index is 12.5. The smallest absolute Gasteiger partial charge is 0.337 e. The van der Waals surface area contributed by atoms with Crippen LogP contribution >= 0.6 is 11.6 Å². The van der Waals surface area contributed by atoms with Gasteiger partial charge in [-0.15, -0.1) is 0 Å². The lowest BCUT2D eigenvalue weighted by Crippen LogP contribution is -2.34. The van der Waals surface area contributed by atoms with Crippen LogP contribution in [0.1, 0.15) is 31.1 Å². The number of nitrogens with zero attached hydrogens (tertiary/aromatic N) is 1. The van der Waals surface area contributed by atoms with Crippen molar-refractivity contribution in [2.24, 2.45) is 5.92 Å². The quantitative estimate of drug-likeness (QED) is 0.874. The molecule has 0 bridgehead atoms. The molecule has 1 rings (SSSR count). The molecule has 1 aromatic carbocycles. The maximum Gasteiger partial charge on any atom is 0.337 e. The molecule has 7 heteroatoms. The molecule has 0 aliphatic heterocycles. The van der Waals surface area contributed by atoms with Gasteiger partial charge in [0.05, 0.1) is 15.5 Å². The van der Waals surface area contributed by atoms with E-state index in [1.165, 1.54) is 16.4 Å². The van der Waals surface area contributed by atoms with Crippen LogP contribution in [0.5, 0.6) is 0 Å². The first-order valence-corrected chi connectivity index (χ1v) is 8.05. The Bertz CT molecular complexity index is 598. The van der Waals surface area contributed by atoms with Crippen molar-refractivity contribution >= 4 is 27.6 Å². The summed E-state index contributed by atoms with van der Waals surface area (Å²) in [6.45, 7) is 6.29. The molecule has 0 heterocycles. The van der Waals surface area contributed by atoms with E-state index in [-0.39, 0.29) is 21.4 Å². The monoisotopic (exact) mass is 319 g/mol. The lowest BCUT2D eigenvalue weighted by molar-refractivity contribution is 0.0697. The Balaban J connectivity index is 3.27. The van der Waals surface area contributed by atoms with Crippen LogP contribution in [-0.4, -0.2) is 36.9 Å². The Morgan fingerprint density at radius 1 is 1.40 bits per heavy atom. The summed E-state index contributed by atoms with van der Waals surface area (Å²) in [5, 5.41) is 9.02. The molecule has 112 valence electrons. The summed E-state index contributed by atoms with van der Waals surface area (Å²) in [4.78, 5) is 11.0. The molecule has 0 spiro atoms. The molecule has 0 unspecified atom stereocenters. The molecule has 20 heavy (non-hydrogen) atoms. The second-order valence-corrected chi connectivity index (χ2v) is 7.14. The Morgan fingerprint density at radius 2 is 2.00 bits per heavy atom. The molecule has 0 saturated carbocycles. The highest BCUT2D eigenvalue weighted by atomic mass is 35.5. The predicted molar refractivity (Wildman–Crippen MR) is 77.7 cm³/mol. The van der Waals surface area contributed by atoms with E-state index in [0.29, 0.717) is 13.1 Å². The lowest BCUT2D eigenvalue weighted by Gasteiger charge is -2.22. The van der Waals surface area contributed by atoms with Crippen molar-refractivity contribution in [3.05, 3.63) is 28.8 Å². The van der Waals surface area contributed by atoms with Crippen LogP contribution in [0.4, 0.5) is 0 Å². The first kappa shape index (κ1) is 16.9. The third kappa shape index (κ3) is 3.71. The van der Waals surface area contributed by atoms with Crippen molar-refractivity contribution in [1.29, 1.82) is 0 Å². The van der Waals surface area contributed by atoms with Gasteiger partial charge in [0.1, 0.15) is 0 Å². The van der Waals surface area contributed by atoms with Crippen molar-refractivity contribution in [3.63, 3.8) is 0 Å². The third-order valence-corrected chi connectivity index (χ3v) is 4.99. The van der Waals surface area contributed by atoms with Crippen LogP contribution in [0.3, 0.4) is 0 Å². The Hall–Kier alpha value is -1.11. The normalized spacial score (nSPS) is 12.1. The molecule has 0 amide bonds. The number of rotatable bonds is 6. The second-order valence-electron chi connectivity index (χ2n) is 4.80. The standard InChI is InChI=1S/C13H18ClNO4S/c1-4-15(8-9(2)3)20(18,19)10-5-6-12(14)11(7-10)13(16)17/h5-7,9H,4,8H2,1-3H3,(H,16,17). The highest BCUT2D eigenvalue weighted by molar-refractivity contribution is 7.89. The number of sulfonamides is 1. The van der Waals surface area contributed by atoms with E-state index in [0.717, 1.165) is 6.07 Å². The van der Waals surface area contributed by atoms with E-state index in [4.69, 9.17) is 16.7 Å². The fraction of sp³-hybridized carbons (Fsp3) is 0.462. The predicted octanol–water partition coefficient (Wildman–Crippen LogP) is 2.70. The second kappa shape index (κ2) is 6.56. The summed E-state index contributed by atoms with van der Waals surface area (Å²) in [5.74, 6) is -1.07. The van der Waals surface area contributed by atoms with Crippen molar-refractivity contribution in [2.75, 3.05) is 13.1 Å². The zero-order valence-corrected chi connectivity index (χ0v) is 13.2. The minimum Gasteiger partial charge on any atom is -0.478 e. The van der Waals surface area contributed by atoms with Gasteiger partial charge in [-0.2, -0.15) is 4.31 Å². The summed E-state index contributed by atoms with van der Waals surface area (Å²) in [6.07, 6.45) is 0. The number of carboxylic acid groups (broad SMARTS) is 1. The van der Waals surface area contributed by atoms with E-state index in [1.807, 2.05) is 13.8 Å². The van der Waals surface area contributed by atoms with Gasteiger partial charge < -0.3 is 5.11 Å². The summed E-state index contributed by atoms with van der Waals surface area (Å²) < 4.78 is 26.3. The van der Waals surface area contributed by atoms with Crippen molar-refractivity contribution < 1.29 is 18.3 Å². The zero-order valence-electron chi connectivity index (χ0n) is 11.6. The van der Waals surface area contributed by atoms with Gasteiger partial charge in [0.15, 0.2) is 0 Å². The molecule has 0 aromatic heterocycles. The molecular weight excluding hydrogens is 302 g/mol. The molecule has 0 fully saturated rings. The summed E-state index contributed by atoms with van der Waals surface area (Å²) >= 11 is 5.75. The van der Waals surface area contributed by atoms with Gasteiger partial charge >= 0.3 is 5.97 Å². The Labute approximate surface area is 124 Å². The summed E-state index contributed by atoms with van der Waals surface area (Å²) in [6, 6.07) is 3.72. The maximum atomic E-state index is 12.5. The van der Waals surface area contributed by atoms with Crippen molar-refractivity contribution in [2.45, 2.75) is 25.7 Å². The average Bonchev–Trinajstić information content (AvgIpc) is 2.35.